The predicted molar refractivity (Wildman–Crippen MR) is 81.4 cm³/mol. The van der Waals surface area contributed by atoms with E-state index < -0.39 is 0 Å². The van der Waals surface area contributed by atoms with Gasteiger partial charge in [-0.25, -0.2) is 0 Å². The van der Waals surface area contributed by atoms with Crippen LogP contribution in [0.5, 0.6) is 0 Å². The first-order valence-corrected chi connectivity index (χ1v) is 8.29. The highest BCUT2D eigenvalue weighted by molar-refractivity contribution is 6.31. The number of aryl methyl sites for hydroxylation is 2. The highest BCUT2D eigenvalue weighted by atomic mass is 35.5. The molecule has 2 saturated heterocycles. The molecule has 0 saturated carbocycles. The largest absolute Gasteiger partial charge is 0.346 e. The third-order valence-corrected chi connectivity index (χ3v) is 4.81. The molecule has 2 aliphatic rings. The first kappa shape index (κ1) is 15.3. The zero-order valence-electron chi connectivity index (χ0n) is 12.9. The van der Waals surface area contributed by atoms with Crippen LogP contribution in [-0.2, 0) is 29.0 Å². The van der Waals surface area contributed by atoms with Gasteiger partial charge in [0.2, 0.25) is 0 Å². The summed E-state index contributed by atoms with van der Waals surface area (Å²) in [6, 6.07) is 0. The molecule has 118 valence electrons. The lowest BCUT2D eigenvalue weighted by Gasteiger charge is -2.38. The number of nitrogens with zero attached hydrogens (tertiary/aromatic N) is 3. The van der Waals surface area contributed by atoms with Crippen molar-refractivity contribution in [2.75, 3.05) is 26.3 Å². The molecule has 0 aromatic carbocycles. The quantitative estimate of drug-likeness (QED) is 0.856. The van der Waals surface area contributed by atoms with Gasteiger partial charge in [-0.15, -0.1) is 0 Å². The molecule has 21 heavy (non-hydrogen) atoms. The van der Waals surface area contributed by atoms with Crippen molar-refractivity contribution < 1.29 is 9.47 Å². The van der Waals surface area contributed by atoms with Gasteiger partial charge in [0, 0.05) is 19.5 Å². The Morgan fingerprint density at radius 2 is 2.05 bits per heavy atom. The summed E-state index contributed by atoms with van der Waals surface area (Å²) in [5, 5.41) is 5.42. The molecule has 0 aliphatic carbocycles. The van der Waals surface area contributed by atoms with Crippen molar-refractivity contribution >= 4 is 11.6 Å². The van der Waals surface area contributed by atoms with Gasteiger partial charge >= 0.3 is 0 Å². The monoisotopic (exact) mass is 313 g/mol. The first-order valence-electron chi connectivity index (χ1n) is 7.92. The van der Waals surface area contributed by atoms with Crippen molar-refractivity contribution in [3.8, 4) is 0 Å². The van der Waals surface area contributed by atoms with Crippen LogP contribution < -0.4 is 0 Å². The predicted octanol–water partition coefficient (Wildman–Crippen LogP) is 2.46. The second-order valence-electron chi connectivity index (χ2n) is 5.80. The summed E-state index contributed by atoms with van der Waals surface area (Å²) in [7, 11) is 0. The lowest BCUT2D eigenvalue weighted by Crippen LogP contribution is -2.48. The van der Waals surface area contributed by atoms with Gasteiger partial charge in [-0.3, -0.25) is 9.58 Å². The summed E-state index contributed by atoms with van der Waals surface area (Å²) in [6.45, 7) is 9.15. The Kier molecular flexibility index (Phi) is 4.54. The molecule has 6 heteroatoms. The summed E-state index contributed by atoms with van der Waals surface area (Å²) in [4.78, 5) is 2.38. The smallest absolute Gasteiger partial charge is 0.181 e. The van der Waals surface area contributed by atoms with Crippen LogP contribution in [0.1, 0.15) is 38.1 Å². The Bertz CT molecular complexity index is 497. The molecule has 1 aromatic heterocycles. The molecular formula is C15H24ClN3O2. The minimum absolute atomic E-state index is 0.380. The molecule has 0 amide bonds. The SMILES string of the molecule is CCc1nn(CC)c(CN2CCCC3(C2)OCCO3)c1Cl. The van der Waals surface area contributed by atoms with Crippen molar-refractivity contribution in [1.82, 2.24) is 14.7 Å². The van der Waals surface area contributed by atoms with E-state index in [0.717, 1.165) is 61.9 Å². The second-order valence-corrected chi connectivity index (χ2v) is 6.18. The van der Waals surface area contributed by atoms with E-state index in [0.29, 0.717) is 13.2 Å². The number of hydrogen-bond donors (Lipinski definition) is 0. The third kappa shape index (κ3) is 2.97. The molecule has 0 atom stereocenters. The molecule has 0 bridgehead atoms. The minimum atomic E-state index is -0.380. The van der Waals surface area contributed by atoms with E-state index in [1.54, 1.807) is 0 Å². The van der Waals surface area contributed by atoms with E-state index in [4.69, 9.17) is 21.1 Å². The third-order valence-electron chi connectivity index (χ3n) is 4.38. The van der Waals surface area contributed by atoms with E-state index >= 15 is 0 Å². The van der Waals surface area contributed by atoms with E-state index in [1.165, 1.54) is 0 Å². The fourth-order valence-electron chi connectivity index (χ4n) is 3.32. The number of halogens is 1. The molecule has 2 fully saturated rings. The van der Waals surface area contributed by atoms with Gasteiger partial charge < -0.3 is 9.47 Å². The van der Waals surface area contributed by atoms with E-state index in [1.807, 2.05) is 4.68 Å². The van der Waals surface area contributed by atoms with Gasteiger partial charge in [-0.2, -0.15) is 5.10 Å². The minimum Gasteiger partial charge on any atom is -0.346 e. The van der Waals surface area contributed by atoms with Crippen LogP contribution in [0.2, 0.25) is 5.02 Å². The molecule has 3 rings (SSSR count). The Balaban J connectivity index is 1.75. The maximum absolute atomic E-state index is 6.51. The Labute approximate surface area is 131 Å². The van der Waals surface area contributed by atoms with Gasteiger partial charge in [-0.1, -0.05) is 18.5 Å². The number of aromatic nitrogens is 2. The molecule has 2 aliphatic heterocycles. The standard InChI is InChI=1S/C15H24ClN3O2/c1-3-12-14(16)13(19(4-2)17-12)10-18-7-5-6-15(11-18)20-8-9-21-15/h3-11H2,1-2H3. The van der Waals surface area contributed by atoms with Crippen molar-refractivity contribution in [2.24, 2.45) is 0 Å². The molecule has 1 spiro atoms. The van der Waals surface area contributed by atoms with E-state index in [2.05, 4.69) is 23.8 Å². The summed E-state index contributed by atoms with van der Waals surface area (Å²) in [6.07, 6.45) is 2.96. The van der Waals surface area contributed by atoms with Crippen LogP contribution in [0.25, 0.3) is 0 Å². The van der Waals surface area contributed by atoms with Gasteiger partial charge in [0.1, 0.15) is 0 Å². The van der Waals surface area contributed by atoms with Crippen molar-refractivity contribution in [3.63, 3.8) is 0 Å². The Hall–Kier alpha value is -0.620. The average Bonchev–Trinajstić information content (AvgIpc) is 3.05. The van der Waals surface area contributed by atoms with E-state index in [-0.39, 0.29) is 5.79 Å². The highest BCUT2D eigenvalue weighted by Gasteiger charge is 2.40. The Morgan fingerprint density at radius 1 is 1.29 bits per heavy atom. The number of ether oxygens (including phenoxy) is 2. The first-order chi connectivity index (χ1) is 10.2. The van der Waals surface area contributed by atoms with Crippen LogP contribution in [0.15, 0.2) is 0 Å². The van der Waals surface area contributed by atoms with Crippen molar-refractivity contribution in [1.29, 1.82) is 0 Å². The van der Waals surface area contributed by atoms with E-state index in [9.17, 15) is 0 Å². The highest BCUT2D eigenvalue weighted by Crippen LogP contribution is 2.32. The summed E-state index contributed by atoms with van der Waals surface area (Å²) >= 11 is 6.51. The van der Waals surface area contributed by atoms with Crippen LogP contribution in [-0.4, -0.2) is 46.8 Å². The summed E-state index contributed by atoms with van der Waals surface area (Å²) < 4.78 is 13.7. The fraction of sp³-hybridized carbons (Fsp3) is 0.800. The van der Waals surface area contributed by atoms with Gasteiger partial charge in [0.15, 0.2) is 5.79 Å². The molecule has 0 radical (unpaired) electrons. The molecule has 0 unspecified atom stereocenters. The molecule has 0 N–H and O–H groups in total. The fourth-order valence-corrected chi connectivity index (χ4v) is 3.65. The normalized spacial score (nSPS) is 22.2. The summed E-state index contributed by atoms with van der Waals surface area (Å²) in [5.41, 5.74) is 2.11. The number of piperidine rings is 1. The lowest BCUT2D eigenvalue weighted by atomic mass is 10.0. The summed E-state index contributed by atoms with van der Waals surface area (Å²) in [5.74, 6) is -0.380. The van der Waals surface area contributed by atoms with Crippen LogP contribution >= 0.6 is 11.6 Å². The molecule has 1 aromatic rings. The van der Waals surface area contributed by atoms with Crippen LogP contribution in [0, 0.1) is 0 Å². The number of likely N-dealkylation sites (tertiary alicyclic amines) is 1. The van der Waals surface area contributed by atoms with Crippen molar-refractivity contribution in [3.05, 3.63) is 16.4 Å². The van der Waals surface area contributed by atoms with Gasteiger partial charge in [-0.05, 0) is 26.3 Å². The maximum atomic E-state index is 6.51. The number of rotatable bonds is 4. The molecule has 5 nitrogen and oxygen atoms in total. The van der Waals surface area contributed by atoms with Crippen LogP contribution in [0.4, 0.5) is 0 Å². The second kappa shape index (κ2) is 6.24. The maximum Gasteiger partial charge on any atom is 0.181 e. The van der Waals surface area contributed by atoms with Crippen molar-refractivity contribution in [2.45, 2.75) is 52.0 Å². The Morgan fingerprint density at radius 3 is 2.71 bits per heavy atom. The zero-order chi connectivity index (χ0) is 14.9. The van der Waals surface area contributed by atoms with Gasteiger partial charge in [0.25, 0.3) is 0 Å². The topological polar surface area (TPSA) is 39.5 Å². The molecule has 3 heterocycles. The average molecular weight is 314 g/mol. The lowest BCUT2D eigenvalue weighted by molar-refractivity contribution is -0.190. The zero-order valence-corrected chi connectivity index (χ0v) is 13.7. The van der Waals surface area contributed by atoms with Gasteiger partial charge in [0.05, 0.1) is 36.2 Å². The molecular weight excluding hydrogens is 290 g/mol. The van der Waals surface area contributed by atoms with Crippen LogP contribution in [0.3, 0.4) is 0 Å². The number of hydrogen-bond acceptors (Lipinski definition) is 4.